The lowest BCUT2D eigenvalue weighted by Crippen LogP contribution is -2.30. The maximum atomic E-state index is 13.1. The van der Waals surface area contributed by atoms with E-state index in [1.54, 1.807) is 0 Å². The lowest BCUT2D eigenvalue weighted by atomic mass is 10.0. The van der Waals surface area contributed by atoms with E-state index in [0.717, 1.165) is 180 Å². The van der Waals surface area contributed by atoms with Gasteiger partial charge in [-0.1, -0.05) is 280 Å². The fraction of sp³-hybridized carbons (Fsp3) is 0.772. The van der Waals surface area contributed by atoms with Crippen LogP contribution in [-0.4, -0.2) is 96.7 Å². The quantitative estimate of drug-likeness (QED) is 0.0169. The van der Waals surface area contributed by atoms with E-state index in [1.807, 2.05) is 0 Å². The molecule has 0 aromatic heterocycles. The van der Waals surface area contributed by atoms with Crippen LogP contribution in [0.3, 0.4) is 0 Å². The monoisotopic (exact) mass is 1420 g/mol. The van der Waals surface area contributed by atoms with E-state index in [0.29, 0.717) is 25.7 Å². The highest BCUT2D eigenvalue weighted by Gasteiger charge is 2.30. The van der Waals surface area contributed by atoms with Crippen molar-refractivity contribution >= 4 is 39.5 Å². The zero-order chi connectivity index (χ0) is 71.8. The summed E-state index contributed by atoms with van der Waals surface area (Å²) in [5.74, 6) is -2.19. The topological polar surface area (TPSA) is 237 Å². The summed E-state index contributed by atoms with van der Waals surface area (Å²) in [4.78, 5) is 72.8. The fourth-order valence-corrected chi connectivity index (χ4v) is 12.0. The van der Waals surface area contributed by atoms with Gasteiger partial charge in [-0.3, -0.25) is 37.3 Å². The highest BCUT2D eigenvalue weighted by molar-refractivity contribution is 7.47. The van der Waals surface area contributed by atoms with E-state index in [1.165, 1.54) is 77.0 Å². The first-order chi connectivity index (χ1) is 47.7. The number of aliphatic hydroxyl groups excluding tert-OH is 1. The molecule has 0 spiro atoms. The molecule has 5 unspecified atom stereocenters. The van der Waals surface area contributed by atoms with Crippen molar-refractivity contribution in [2.45, 2.75) is 354 Å². The number of hydrogen-bond acceptors (Lipinski definition) is 15. The van der Waals surface area contributed by atoms with Crippen molar-refractivity contribution in [2.75, 3.05) is 39.6 Å². The van der Waals surface area contributed by atoms with Crippen LogP contribution >= 0.6 is 15.6 Å². The summed E-state index contributed by atoms with van der Waals surface area (Å²) in [5, 5.41) is 10.6. The van der Waals surface area contributed by atoms with Crippen molar-refractivity contribution in [3.05, 3.63) is 85.1 Å². The molecular formula is C79H140O17P2. The number of phosphoric acid groups is 2. The molecule has 17 nitrogen and oxygen atoms in total. The molecule has 0 aliphatic carbocycles. The summed E-state index contributed by atoms with van der Waals surface area (Å²) >= 11 is 0. The number of hydrogen-bond donors (Lipinski definition) is 3. The van der Waals surface area contributed by atoms with Crippen LogP contribution in [0.2, 0.25) is 0 Å². The molecule has 3 N–H and O–H groups in total. The van der Waals surface area contributed by atoms with Crippen LogP contribution < -0.4 is 0 Å². The Morgan fingerprint density at radius 1 is 0.296 bits per heavy atom. The van der Waals surface area contributed by atoms with Crippen LogP contribution in [0.5, 0.6) is 0 Å². The molecule has 5 atom stereocenters. The average molecular weight is 1420 g/mol. The second kappa shape index (κ2) is 71.6. The molecule has 0 bridgehead atoms. The zero-order valence-electron chi connectivity index (χ0n) is 62.0. The smallest absolute Gasteiger partial charge is 0.462 e. The van der Waals surface area contributed by atoms with Crippen molar-refractivity contribution in [1.29, 1.82) is 0 Å². The van der Waals surface area contributed by atoms with Gasteiger partial charge in [0.05, 0.1) is 26.4 Å². The van der Waals surface area contributed by atoms with Crippen LogP contribution in [0.25, 0.3) is 0 Å². The normalized spacial score (nSPS) is 14.4. The van der Waals surface area contributed by atoms with Crippen LogP contribution in [-0.2, 0) is 65.4 Å². The number of unbranched alkanes of at least 4 members (excludes halogenated alkanes) is 33. The van der Waals surface area contributed by atoms with Crippen LogP contribution in [0, 0.1) is 0 Å². The largest absolute Gasteiger partial charge is 0.472 e. The van der Waals surface area contributed by atoms with E-state index in [9.17, 15) is 43.2 Å². The number of esters is 4. The highest BCUT2D eigenvalue weighted by atomic mass is 31.2. The second-order valence-electron chi connectivity index (χ2n) is 25.9. The molecule has 98 heavy (non-hydrogen) atoms. The maximum Gasteiger partial charge on any atom is 0.472 e. The summed E-state index contributed by atoms with van der Waals surface area (Å²) in [5.41, 5.74) is 0. The first kappa shape index (κ1) is 94.2. The minimum Gasteiger partial charge on any atom is -0.462 e. The molecule has 0 rings (SSSR count). The van der Waals surface area contributed by atoms with Gasteiger partial charge in [-0.2, -0.15) is 0 Å². The summed E-state index contributed by atoms with van der Waals surface area (Å²) in [7, 11) is -9.95. The third kappa shape index (κ3) is 70.7. The minimum absolute atomic E-state index is 0.0827. The van der Waals surface area contributed by atoms with Gasteiger partial charge in [0.25, 0.3) is 0 Å². The van der Waals surface area contributed by atoms with Crippen LogP contribution in [0.1, 0.15) is 336 Å². The Labute approximate surface area is 595 Å². The number of phosphoric ester groups is 2. The lowest BCUT2D eigenvalue weighted by molar-refractivity contribution is -0.161. The molecule has 0 saturated carbocycles. The molecule has 0 aromatic carbocycles. The summed E-state index contributed by atoms with van der Waals surface area (Å²) < 4.78 is 68.5. The molecule has 0 heterocycles. The van der Waals surface area contributed by atoms with Gasteiger partial charge in [-0.15, -0.1) is 0 Å². The van der Waals surface area contributed by atoms with E-state index in [4.69, 9.17) is 37.0 Å². The van der Waals surface area contributed by atoms with Crippen LogP contribution in [0.4, 0.5) is 0 Å². The van der Waals surface area contributed by atoms with Crippen molar-refractivity contribution in [2.24, 2.45) is 0 Å². The van der Waals surface area contributed by atoms with Crippen molar-refractivity contribution in [1.82, 2.24) is 0 Å². The molecule has 0 radical (unpaired) electrons. The van der Waals surface area contributed by atoms with Gasteiger partial charge in [-0.25, -0.2) is 9.13 Å². The van der Waals surface area contributed by atoms with E-state index >= 15 is 0 Å². The molecule has 19 heteroatoms. The van der Waals surface area contributed by atoms with Crippen LogP contribution in [0.15, 0.2) is 85.1 Å². The third-order valence-electron chi connectivity index (χ3n) is 16.3. The molecule has 0 aromatic rings. The SMILES string of the molecule is CC/C=C\C/C=C\C/C=C\C/C=C\CCCCCCCCC(=O)OCC(COP(=O)(O)OCC(O)COP(=O)(O)OCC(COC(=O)CCCCCCC/C=C\C/C=C\CCC)OC(=O)CCCCCCCCCCCCCCC)OC(=O)CCCCCCC/C=C\CCCCCC. The highest BCUT2D eigenvalue weighted by Crippen LogP contribution is 2.45. The first-order valence-electron chi connectivity index (χ1n) is 38.8. The van der Waals surface area contributed by atoms with E-state index in [-0.39, 0.29) is 25.7 Å². The number of allylic oxidation sites excluding steroid dienone is 14. The number of rotatable bonds is 73. The Morgan fingerprint density at radius 2 is 0.551 bits per heavy atom. The predicted octanol–water partition coefficient (Wildman–Crippen LogP) is 22.2. The van der Waals surface area contributed by atoms with E-state index in [2.05, 4.69) is 113 Å². The number of carbonyl (C=O) groups excluding carboxylic acids is 4. The molecule has 0 amide bonds. The Balaban J connectivity index is 5.32. The molecular weight excluding hydrogens is 1280 g/mol. The Kier molecular flexibility index (Phi) is 68.9. The summed E-state index contributed by atoms with van der Waals surface area (Å²) in [6.45, 7) is 4.68. The third-order valence-corrected chi connectivity index (χ3v) is 18.2. The molecule has 0 saturated heterocycles. The van der Waals surface area contributed by atoms with Crippen molar-refractivity contribution < 1.29 is 80.2 Å². The predicted molar refractivity (Wildman–Crippen MR) is 399 cm³/mol. The summed E-state index contributed by atoms with van der Waals surface area (Å²) in [6, 6.07) is 0. The minimum atomic E-state index is -4.98. The average Bonchev–Trinajstić information content (AvgIpc) is 0.966. The second-order valence-corrected chi connectivity index (χ2v) is 28.8. The zero-order valence-corrected chi connectivity index (χ0v) is 63.7. The number of ether oxygens (including phenoxy) is 4. The molecule has 0 aliphatic rings. The molecule has 0 aliphatic heterocycles. The maximum absolute atomic E-state index is 13.1. The van der Waals surface area contributed by atoms with E-state index < -0.39 is 97.5 Å². The fourth-order valence-electron chi connectivity index (χ4n) is 10.4. The standard InChI is InChI=1S/C79H140O17P2/c1-5-9-13-17-21-25-29-33-34-35-36-37-38-42-44-48-52-56-60-64-77(82)90-70-75(96-79(84)66-62-58-54-50-46-41-32-28-24-20-16-12-8-4)72-94-98(87,88)92-68-73(80)67-91-97(85,86)93-71-74(95-78(83)65-61-57-53-49-45-40-31-27-23-19-15-11-7-3)69-89-76(81)63-59-55-51-47-43-39-30-26-22-18-14-10-6-2/h9,13-14,18,21,25-26,28,30,32-34,36-37,73-75,80H,5-8,10-12,15-17,19-20,22-24,27,29,31,35,38-72H2,1-4H3,(H,85,86)(H,87,88)/b13-9-,18-14-,25-21-,30-26-,32-28-,34-33-,37-36-. The molecule has 568 valence electrons. The Bertz CT molecular complexity index is 2190. The van der Waals surface area contributed by atoms with Crippen molar-refractivity contribution in [3.63, 3.8) is 0 Å². The number of aliphatic hydroxyl groups is 1. The van der Waals surface area contributed by atoms with Gasteiger partial charge in [0, 0.05) is 25.7 Å². The number of carbonyl (C=O) groups is 4. The van der Waals surface area contributed by atoms with Crippen molar-refractivity contribution in [3.8, 4) is 0 Å². The first-order valence-corrected chi connectivity index (χ1v) is 41.8. The van der Waals surface area contributed by atoms with Gasteiger partial charge in [0.2, 0.25) is 0 Å². The Hall–Kier alpha value is -3.76. The van der Waals surface area contributed by atoms with Gasteiger partial charge < -0.3 is 33.8 Å². The molecule has 0 fully saturated rings. The van der Waals surface area contributed by atoms with Gasteiger partial charge in [0.1, 0.15) is 19.3 Å². The summed E-state index contributed by atoms with van der Waals surface area (Å²) in [6.07, 6.45) is 72.8. The van der Waals surface area contributed by atoms with Gasteiger partial charge in [-0.05, 0) is 116 Å². The van der Waals surface area contributed by atoms with Gasteiger partial charge in [0.15, 0.2) is 12.2 Å². The van der Waals surface area contributed by atoms with Gasteiger partial charge >= 0.3 is 39.5 Å². The lowest BCUT2D eigenvalue weighted by Gasteiger charge is -2.21. The Morgan fingerprint density at radius 3 is 0.878 bits per heavy atom.